The fourth-order valence-electron chi connectivity index (χ4n) is 3.69. The summed E-state index contributed by atoms with van der Waals surface area (Å²) in [5.41, 5.74) is 0.974. The molecule has 1 aliphatic heterocycles. The molecule has 1 saturated heterocycles. The van der Waals surface area contributed by atoms with Crippen molar-refractivity contribution in [3.63, 3.8) is 0 Å². The molecule has 1 atom stereocenters. The number of amides is 1. The Kier molecular flexibility index (Phi) is 6.10. The number of carbonyl (C=O) groups is 1. The van der Waals surface area contributed by atoms with Crippen LogP contribution < -0.4 is 0 Å². The summed E-state index contributed by atoms with van der Waals surface area (Å²) >= 11 is 0. The first kappa shape index (κ1) is 17.2. The number of hydrogen-bond acceptors (Lipinski definition) is 4. The average Bonchev–Trinajstić information content (AvgIpc) is 2.63. The third kappa shape index (κ3) is 4.71. The first-order chi connectivity index (χ1) is 11.7. The molecule has 1 amide bonds. The Labute approximate surface area is 144 Å². The summed E-state index contributed by atoms with van der Waals surface area (Å²) < 4.78 is 5.36. The van der Waals surface area contributed by atoms with E-state index in [1.807, 2.05) is 30.3 Å². The molecule has 1 aromatic rings. The van der Waals surface area contributed by atoms with Crippen molar-refractivity contribution in [1.29, 1.82) is 0 Å². The van der Waals surface area contributed by atoms with Crippen molar-refractivity contribution in [1.82, 2.24) is 9.80 Å². The fourth-order valence-corrected chi connectivity index (χ4v) is 3.69. The Morgan fingerprint density at radius 3 is 2.58 bits per heavy atom. The van der Waals surface area contributed by atoms with Crippen molar-refractivity contribution in [3.05, 3.63) is 35.9 Å². The Hall–Kier alpha value is -1.59. The molecule has 0 bridgehead atoms. The van der Waals surface area contributed by atoms with E-state index in [0.717, 1.165) is 18.7 Å². The van der Waals surface area contributed by atoms with Crippen LogP contribution in [0.5, 0.6) is 0 Å². The van der Waals surface area contributed by atoms with Gasteiger partial charge in [-0.1, -0.05) is 49.6 Å². The second-order valence-corrected chi connectivity index (χ2v) is 6.97. The van der Waals surface area contributed by atoms with Gasteiger partial charge in [0.1, 0.15) is 12.8 Å². The molecule has 3 rings (SSSR count). The number of carbonyl (C=O) groups excluding carboxylic acids is 1. The first-order valence-corrected chi connectivity index (χ1v) is 9.10. The molecule has 0 aromatic heterocycles. The number of nitrogens with zero attached hydrogens (tertiary/aromatic N) is 2. The van der Waals surface area contributed by atoms with Crippen molar-refractivity contribution < 1.29 is 14.6 Å². The molecule has 2 aliphatic rings. The summed E-state index contributed by atoms with van der Waals surface area (Å²) in [6.45, 7) is 2.90. The van der Waals surface area contributed by atoms with Crippen LogP contribution in [-0.2, 0) is 11.3 Å². The van der Waals surface area contributed by atoms with E-state index in [9.17, 15) is 9.90 Å². The van der Waals surface area contributed by atoms with Crippen molar-refractivity contribution >= 4 is 6.09 Å². The Balaban J connectivity index is 1.43. The molecule has 132 valence electrons. The van der Waals surface area contributed by atoms with Gasteiger partial charge >= 0.3 is 6.09 Å². The third-order valence-corrected chi connectivity index (χ3v) is 5.14. The number of β-amino-alcohol motifs (C(OH)–C–C–N with tert-alkyl or cyclic N) is 1. The lowest BCUT2D eigenvalue weighted by Crippen LogP contribution is -2.55. The summed E-state index contributed by atoms with van der Waals surface area (Å²) in [6.07, 6.45) is 5.59. The maximum Gasteiger partial charge on any atom is 0.410 e. The second kappa shape index (κ2) is 8.49. The van der Waals surface area contributed by atoms with Gasteiger partial charge in [-0.2, -0.15) is 0 Å². The molecular weight excluding hydrogens is 304 g/mol. The van der Waals surface area contributed by atoms with Crippen LogP contribution in [0.2, 0.25) is 0 Å². The van der Waals surface area contributed by atoms with E-state index in [1.54, 1.807) is 4.90 Å². The molecule has 24 heavy (non-hydrogen) atoms. The van der Waals surface area contributed by atoms with Crippen LogP contribution in [0.25, 0.3) is 0 Å². The van der Waals surface area contributed by atoms with Crippen molar-refractivity contribution in [2.24, 2.45) is 5.92 Å². The van der Waals surface area contributed by atoms with Gasteiger partial charge < -0.3 is 14.7 Å². The third-order valence-electron chi connectivity index (χ3n) is 5.14. The minimum atomic E-state index is -0.579. The lowest BCUT2D eigenvalue weighted by atomic mass is 9.89. The Morgan fingerprint density at radius 2 is 1.88 bits per heavy atom. The lowest BCUT2D eigenvalue weighted by molar-refractivity contribution is -0.0615. The maximum absolute atomic E-state index is 12.2. The zero-order valence-electron chi connectivity index (χ0n) is 14.3. The van der Waals surface area contributed by atoms with Crippen LogP contribution in [0, 0.1) is 5.92 Å². The van der Waals surface area contributed by atoms with E-state index >= 15 is 0 Å². The number of hydrogen-bond donors (Lipinski definition) is 1. The summed E-state index contributed by atoms with van der Waals surface area (Å²) in [7, 11) is 0. The normalized spacial score (nSPS) is 23.2. The zero-order valence-corrected chi connectivity index (χ0v) is 14.3. The van der Waals surface area contributed by atoms with Crippen molar-refractivity contribution in [2.45, 2.75) is 44.9 Å². The van der Waals surface area contributed by atoms with Gasteiger partial charge in [-0.3, -0.25) is 4.90 Å². The number of ether oxygens (including phenoxy) is 1. The van der Waals surface area contributed by atoms with E-state index in [-0.39, 0.29) is 12.7 Å². The number of aliphatic hydroxyl groups excluding tert-OH is 1. The van der Waals surface area contributed by atoms with Gasteiger partial charge in [0.2, 0.25) is 0 Å². The SMILES string of the molecule is O=C(OCc1ccccc1)N1CCN(CC2CCCCC2)C(O)C1. The Morgan fingerprint density at radius 1 is 1.12 bits per heavy atom. The smallest absolute Gasteiger partial charge is 0.410 e. The summed E-state index contributed by atoms with van der Waals surface area (Å²) in [6, 6.07) is 9.66. The lowest BCUT2D eigenvalue weighted by Gasteiger charge is -2.40. The zero-order chi connectivity index (χ0) is 16.8. The molecule has 2 fully saturated rings. The molecule has 1 heterocycles. The Bertz CT molecular complexity index is 517. The number of rotatable bonds is 4. The van der Waals surface area contributed by atoms with E-state index in [2.05, 4.69) is 4.90 Å². The molecule has 1 aliphatic carbocycles. The topological polar surface area (TPSA) is 53.0 Å². The van der Waals surface area contributed by atoms with Crippen LogP contribution in [0.1, 0.15) is 37.7 Å². The predicted molar refractivity (Wildman–Crippen MR) is 92.4 cm³/mol. The van der Waals surface area contributed by atoms with Crippen LogP contribution >= 0.6 is 0 Å². The van der Waals surface area contributed by atoms with Crippen LogP contribution in [0.15, 0.2) is 30.3 Å². The molecule has 5 heteroatoms. The van der Waals surface area contributed by atoms with E-state index in [4.69, 9.17) is 4.74 Å². The van der Waals surface area contributed by atoms with Gasteiger partial charge in [0.25, 0.3) is 0 Å². The highest BCUT2D eigenvalue weighted by Crippen LogP contribution is 2.25. The highest BCUT2D eigenvalue weighted by atomic mass is 16.6. The number of piperazine rings is 1. The molecule has 0 radical (unpaired) electrons. The largest absolute Gasteiger partial charge is 0.445 e. The van der Waals surface area contributed by atoms with Gasteiger partial charge in [-0.15, -0.1) is 0 Å². The molecule has 1 N–H and O–H groups in total. The van der Waals surface area contributed by atoms with Crippen LogP contribution in [0.3, 0.4) is 0 Å². The van der Waals surface area contributed by atoms with Gasteiger partial charge in [0.05, 0.1) is 6.54 Å². The first-order valence-electron chi connectivity index (χ1n) is 9.10. The summed E-state index contributed by atoms with van der Waals surface area (Å²) in [5, 5.41) is 10.4. The summed E-state index contributed by atoms with van der Waals surface area (Å²) in [4.78, 5) is 15.9. The standard InChI is InChI=1S/C19H28N2O3/c22-18-14-21(19(23)24-15-17-9-5-2-6-10-17)12-11-20(18)13-16-7-3-1-4-8-16/h2,5-6,9-10,16,18,22H,1,3-4,7-8,11-15H2. The molecule has 1 unspecified atom stereocenters. The minimum Gasteiger partial charge on any atom is -0.445 e. The van der Waals surface area contributed by atoms with E-state index in [1.165, 1.54) is 32.1 Å². The van der Waals surface area contributed by atoms with Gasteiger partial charge in [-0.25, -0.2) is 4.79 Å². The fraction of sp³-hybridized carbons (Fsp3) is 0.632. The highest BCUT2D eigenvalue weighted by molar-refractivity contribution is 5.67. The van der Waals surface area contributed by atoms with Crippen molar-refractivity contribution in [3.8, 4) is 0 Å². The predicted octanol–water partition coefficient (Wildman–Crippen LogP) is 2.84. The van der Waals surface area contributed by atoms with Gasteiger partial charge in [0.15, 0.2) is 0 Å². The van der Waals surface area contributed by atoms with Gasteiger partial charge in [-0.05, 0) is 24.3 Å². The molecule has 5 nitrogen and oxygen atoms in total. The van der Waals surface area contributed by atoms with Crippen LogP contribution in [-0.4, -0.2) is 53.4 Å². The number of aliphatic hydroxyl groups is 1. The monoisotopic (exact) mass is 332 g/mol. The molecule has 1 aromatic carbocycles. The van der Waals surface area contributed by atoms with Crippen LogP contribution in [0.4, 0.5) is 4.79 Å². The minimum absolute atomic E-state index is 0.276. The molecule has 1 saturated carbocycles. The second-order valence-electron chi connectivity index (χ2n) is 6.97. The van der Waals surface area contributed by atoms with Gasteiger partial charge in [0, 0.05) is 19.6 Å². The summed E-state index contributed by atoms with van der Waals surface area (Å²) in [5.74, 6) is 0.699. The average molecular weight is 332 g/mol. The molecular formula is C19H28N2O3. The highest BCUT2D eigenvalue weighted by Gasteiger charge is 2.30. The van der Waals surface area contributed by atoms with E-state index in [0.29, 0.717) is 19.0 Å². The van der Waals surface area contributed by atoms with E-state index < -0.39 is 6.23 Å². The maximum atomic E-state index is 12.2. The quantitative estimate of drug-likeness (QED) is 0.921. The van der Waals surface area contributed by atoms with Crippen molar-refractivity contribution in [2.75, 3.05) is 26.2 Å². The molecule has 0 spiro atoms. The number of benzene rings is 1.